The van der Waals surface area contributed by atoms with Crippen LogP contribution in [0, 0.1) is 6.92 Å². The van der Waals surface area contributed by atoms with Gasteiger partial charge in [-0.2, -0.15) is 9.50 Å². The fourth-order valence-electron chi connectivity index (χ4n) is 4.47. The molecular weight excluding hydrogens is 663 g/mol. The Kier molecular flexibility index (Phi) is 8.79. The van der Waals surface area contributed by atoms with E-state index in [0.29, 0.717) is 11.4 Å². The van der Waals surface area contributed by atoms with Gasteiger partial charge in [0.25, 0.3) is 23.5 Å². The van der Waals surface area contributed by atoms with Crippen LogP contribution in [0.3, 0.4) is 0 Å². The van der Waals surface area contributed by atoms with Gasteiger partial charge in [0.2, 0.25) is 5.60 Å². The molecule has 2 aliphatic heterocycles. The molecule has 0 aromatic carbocycles. The van der Waals surface area contributed by atoms with Crippen molar-refractivity contribution in [2.75, 3.05) is 11.5 Å². The number of aliphatic hydroxyl groups is 1. The van der Waals surface area contributed by atoms with Crippen molar-refractivity contribution < 1.29 is 34.2 Å². The smallest absolute Gasteiger partial charge is 0.353 e. The molecular formula is C25H27N11O7S3. The Hall–Kier alpha value is -4.57. The minimum atomic E-state index is -1.58. The second-order valence-electron chi connectivity index (χ2n) is 10.5. The first-order valence-corrected chi connectivity index (χ1v) is 15.7. The third-order valence-electron chi connectivity index (χ3n) is 6.82. The number of nitrogens with two attached hydrogens (primary N) is 2. The van der Waals surface area contributed by atoms with Crippen LogP contribution in [0.4, 0.5) is 5.13 Å². The van der Waals surface area contributed by atoms with Crippen molar-refractivity contribution in [2.45, 2.75) is 50.8 Å². The van der Waals surface area contributed by atoms with E-state index in [1.165, 1.54) is 42.4 Å². The predicted octanol–water partition coefficient (Wildman–Crippen LogP) is -0.829. The molecule has 2 unspecified atom stereocenters. The highest BCUT2D eigenvalue weighted by molar-refractivity contribution is 8.00. The molecule has 3 aromatic rings. The van der Waals surface area contributed by atoms with Gasteiger partial charge >= 0.3 is 5.97 Å². The second kappa shape index (κ2) is 12.3. The number of carboxylic acids is 1. The molecule has 242 valence electrons. The normalized spacial score (nSPS) is 19.0. The van der Waals surface area contributed by atoms with E-state index < -0.39 is 46.8 Å². The highest BCUT2D eigenvalue weighted by Gasteiger charge is 2.55. The van der Waals surface area contributed by atoms with Crippen LogP contribution >= 0.6 is 35.3 Å². The molecule has 0 radical (unpaired) electrons. The molecule has 5 heterocycles. The van der Waals surface area contributed by atoms with E-state index in [9.17, 15) is 29.4 Å². The highest BCUT2D eigenvalue weighted by Crippen LogP contribution is 2.41. The number of thiocarbonyl (C=S) groups is 1. The standard InChI is InChI=1S/C25H27N11O7S3/c1-8-5-12(36-24(28-8)31-17(33-36)9(2)37)16(44)10-6-45-20-14(19(39)35(20)15(10)21(40)41)30-18(38)13(11-7-46-23(26)29-11)34-43-25(3,4)22(42)32-27/h5,7,9,14,20,37H,6,27H2,1-4H3,(H2,26,29)(H,30,38)(H,32,42)(H,40,41)/t9?,14?,20-/m0/s1. The Labute approximate surface area is 273 Å². The SMILES string of the molecule is Cc1cc(C(=S)C2=C(C(=O)O)N3C(=O)C(NC(=O)C(=NOC(C)(C)C(=O)NN)c4csc(N)n4)[C@@H]3SC2)n2nc(C(C)O)nc2n1. The van der Waals surface area contributed by atoms with Gasteiger partial charge in [0.15, 0.2) is 16.7 Å². The van der Waals surface area contributed by atoms with Crippen LogP contribution in [-0.2, 0) is 24.0 Å². The maximum Gasteiger partial charge on any atom is 0.353 e. The van der Waals surface area contributed by atoms with Crippen LogP contribution in [0.15, 0.2) is 27.9 Å². The number of aromatic nitrogens is 5. The number of aliphatic hydroxyl groups excluding tert-OH is 1. The number of amides is 3. The molecule has 21 heteroatoms. The summed E-state index contributed by atoms with van der Waals surface area (Å²) in [6, 6.07) is 0.453. The number of nitrogens with one attached hydrogen (secondary N) is 2. The Morgan fingerprint density at radius 3 is 2.61 bits per heavy atom. The van der Waals surface area contributed by atoms with Gasteiger partial charge in [-0.15, -0.1) is 28.2 Å². The maximum absolute atomic E-state index is 13.4. The first-order chi connectivity index (χ1) is 21.6. The molecule has 1 saturated heterocycles. The lowest BCUT2D eigenvalue weighted by molar-refractivity contribution is -0.150. The molecule has 1 fully saturated rings. The van der Waals surface area contributed by atoms with Crippen molar-refractivity contribution in [3.8, 4) is 0 Å². The van der Waals surface area contributed by atoms with Gasteiger partial charge in [0.1, 0.15) is 28.9 Å². The maximum atomic E-state index is 13.4. The molecule has 0 bridgehead atoms. The average molecular weight is 690 g/mol. The summed E-state index contributed by atoms with van der Waals surface area (Å²) in [6.07, 6.45) is -0.990. The molecule has 8 N–H and O–H groups in total. The van der Waals surface area contributed by atoms with Gasteiger partial charge in [0.05, 0.1) is 10.6 Å². The summed E-state index contributed by atoms with van der Waals surface area (Å²) in [5.74, 6) is 1.79. The van der Waals surface area contributed by atoms with Crippen LogP contribution in [0.25, 0.3) is 5.78 Å². The minimum absolute atomic E-state index is 0.0217. The molecule has 46 heavy (non-hydrogen) atoms. The van der Waals surface area contributed by atoms with Crippen LogP contribution in [0.5, 0.6) is 0 Å². The van der Waals surface area contributed by atoms with E-state index in [0.717, 1.165) is 16.2 Å². The van der Waals surface area contributed by atoms with Crippen LogP contribution in [0.1, 0.15) is 49.8 Å². The molecule has 5 rings (SSSR count). The number of oxime groups is 1. The Morgan fingerprint density at radius 1 is 1.28 bits per heavy atom. The van der Waals surface area contributed by atoms with Gasteiger partial charge in [-0.25, -0.2) is 20.6 Å². The summed E-state index contributed by atoms with van der Waals surface area (Å²) in [6.45, 7) is 5.92. The first kappa shape index (κ1) is 32.8. The molecule has 3 amide bonds. The number of nitrogen functional groups attached to an aromatic ring is 1. The Morgan fingerprint density at radius 2 is 2.00 bits per heavy atom. The Bertz CT molecular complexity index is 1870. The molecule has 18 nitrogen and oxygen atoms in total. The quantitative estimate of drug-likeness (QED) is 0.0289. The lowest BCUT2D eigenvalue weighted by Crippen LogP contribution is -2.71. The number of hydrogen-bond donors (Lipinski definition) is 6. The number of aliphatic carboxylic acids is 1. The number of hydrazine groups is 1. The number of nitrogens with zero attached hydrogens (tertiary/aromatic N) is 7. The van der Waals surface area contributed by atoms with Crippen molar-refractivity contribution in [1.82, 2.24) is 40.2 Å². The number of β-lactam (4-membered cyclic amide) rings is 1. The summed E-state index contributed by atoms with van der Waals surface area (Å²) in [4.78, 5) is 70.5. The summed E-state index contributed by atoms with van der Waals surface area (Å²) in [5, 5.41) is 31.6. The molecule has 0 saturated carbocycles. The summed E-state index contributed by atoms with van der Waals surface area (Å²) in [7, 11) is 0. The topological polar surface area (TPSA) is 266 Å². The number of rotatable bonds is 10. The van der Waals surface area contributed by atoms with Crippen molar-refractivity contribution in [3.05, 3.63) is 45.6 Å². The number of thioether (sulfide) groups is 1. The van der Waals surface area contributed by atoms with E-state index in [1.807, 2.05) is 5.43 Å². The van der Waals surface area contributed by atoms with E-state index >= 15 is 0 Å². The number of anilines is 1. The number of carboxylic acid groups (broad SMARTS) is 1. The first-order valence-electron chi connectivity index (χ1n) is 13.3. The summed E-state index contributed by atoms with van der Waals surface area (Å²) in [5.41, 5.74) is 6.39. The summed E-state index contributed by atoms with van der Waals surface area (Å²) >= 11 is 7.93. The monoisotopic (exact) mass is 689 g/mol. The lowest BCUT2D eigenvalue weighted by atomic mass is 10.00. The van der Waals surface area contributed by atoms with Crippen molar-refractivity contribution in [3.63, 3.8) is 0 Å². The van der Waals surface area contributed by atoms with Gasteiger partial charge in [-0.3, -0.25) is 24.7 Å². The minimum Gasteiger partial charge on any atom is -0.477 e. The molecule has 0 spiro atoms. The van der Waals surface area contributed by atoms with E-state index in [4.69, 9.17) is 28.6 Å². The number of thiazole rings is 1. The molecule has 0 aliphatic carbocycles. The fourth-order valence-corrected chi connectivity index (χ4v) is 6.78. The molecule has 3 atom stereocenters. The van der Waals surface area contributed by atoms with Crippen LogP contribution < -0.4 is 22.3 Å². The zero-order valence-electron chi connectivity index (χ0n) is 24.5. The fraction of sp³-hybridized carbons (Fsp3) is 0.360. The van der Waals surface area contributed by atoms with E-state index in [2.05, 4.69) is 30.5 Å². The number of fused-ring (bicyclic) bond motifs is 2. The van der Waals surface area contributed by atoms with Gasteiger partial charge < -0.3 is 26.1 Å². The zero-order valence-corrected chi connectivity index (χ0v) is 27.0. The van der Waals surface area contributed by atoms with Crippen LogP contribution in [0.2, 0.25) is 0 Å². The number of carbonyl (C=O) groups excluding carboxylic acids is 3. The third kappa shape index (κ3) is 5.89. The van der Waals surface area contributed by atoms with E-state index in [-0.39, 0.29) is 50.0 Å². The third-order valence-corrected chi connectivity index (χ3v) is 9.23. The van der Waals surface area contributed by atoms with Crippen LogP contribution in [-0.4, -0.2) is 96.7 Å². The van der Waals surface area contributed by atoms with Gasteiger partial charge in [0, 0.05) is 22.4 Å². The molecule has 3 aromatic heterocycles. The Balaban J connectivity index is 1.43. The summed E-state index contributed by atoms with van der Waals surface area (Å²) < 4.78 is 1.31. The zero-order chi connectivity index (χ0) is 33.7. The number of carbonyl (C=O) groups is 4. The average Bonchev–Trinajstić information content (AvgIpc) is 3.64. The van der Waals surface area contributed by atoms with E-state index in [1.54, 1.807) is 13.0 Å². The van der Waals surface area contributed by atoms with Gasteiger partial charge in [-0.1, -0.05) is 17.4 Å². The largest absolute Gasteiger partial charge is 0.477 e. The highest BCUT2D eigenvalue weighted by atomic mass is 32.2. The lowest BCUT2D eigenvalue weighted by Gasteiger charge is -2.49. The van der Waals surface area contributed by atoms with Crippen molar-refractivity contribution in [1.29, 1.82) is 0 Å². The molecule has 2 aliphatic rings. The van der Waals surface area contributed by atoms with Gasteiger partial charge in [-0.05, 0) is 33.8 Å². The number of hydrogen-bond acceptors (Lipinski definition) is 16. The van der Waals surface area contributed by atoms with Crippen molar-refractivity contribution >= 4 is 80.5 Å². The van der Waals surface area contributed by atoms with Crippen molar-refractivity contribution in [2.24, 2.45) is 11.0 Å². The number of aryl methyl sites for hydroxylation is 1. The second-order valence-corrected chi connectivity index (χ2v) is 13.0. The predicted molar refractivity (Wildman–Crippen MR) is 168 cm³/mol.